The van der Waals surface area contributed by atoms with Crippen molar-refractivity contribution in [2.24, 2.45) is 10.7 Å². The molecule has 0 spiro atoms. The lowest BCUT2D eigenvalue weighted by Crippen LogP contribution is -2.24. The van der Waals surface area contributed by atoms with Crippen molar-refractivity contribution in [1.29, 1.82) is 0 Å². The zero-order valence-corrected chi connectivity index (χ0v) is 17.2. The Morgan fingerprint density at radius 3 is 2.61 bits per heavy atom. The molecule has 3 aromatic rings. The predicted molar refractivity (Wildman–Crippen MR) is 122 cm³/mol. The zero-order valence-electron chi connectivity index (χ0n) is 17.2. The maximum absolute atomic E-state index is 12.6. The number of nitrogens with two attached hydrogens (primary N) is 1. The molecule has 0 saturated carbocycles. The van der Waals surface area contributed by atoms with E-state index < -0.39 is 0 Å². The second kappa shape index (κ2) is 8.79. The summed E-state index contributed by atoms with van der Waals surface area (Å²) >= 11 is 0. The Morgan fingerprint density at radius 2 is 1.94 bits per heavy atom. The molecule has 2 heterocycles. The smallest absolute Gasteiger partial charge is 0.227 e. The van der Waals surface area contributed by atoms with Gasteiger partial charge in [0.15, 0.2) is 5.69 Å². The molecule has 7 nitrogen and oxygen atoms in total. The largest absolute Gasteiger partial charge is 0.405 e. The van der Waals surface area contributed by atoms with Crippen LogP contribution in [-0.2, 0) is 4.79 Å². The molecule has 0 atom stereocenters. The third kappa shape index (κ3) is 4.30. The standard InChI is InChI=1S/C24H23N5O2/c1-17-16-19(28-14-5-8-23(28)31)9-10-21(17)29-15-12-22(30)24(27-29)20(11-13-25)26-18-6-3-2-4-7-18/h2-4,6-7,9-13,15-16H,5,8,14,25H2,1H3. The Bertz CT molecular complexity index is 1230. The number of hydrogen-bond acceptors (Lipinski definition) is 5. The summed E-state index contributed by atoms with van der Waals surface area (Å²) < 4.78 is 1.65. The number of allylic oxidation sites excluding steroid dienone is 1. The predicted octanol–water partition coefficient (Wildman–Crippen LogP) is 3.26. The van der Waals surface area contributed by atoms with Crippen LogP contribution < -0.4 is 16.1 Å². The van der Waals surface area contributed by atoms with E-state index in [2.05, 4.69) is 10.1 Å². The van der Waals surface area contributed by atoms with Gasteiger partial charge in [-0.3, -0.25) is 9.59 Å². The highest BCUT2D eigenvalue weighted by atomic mass is 16.2. The number of carbonyl (C=O) groups is 1. The van der Waals surface area contributed by atoms with Gasteiger partial charge in [0.05, 0.1) is 17.1 Å². The summed E-state index contributed by atoms with van der Waals surface area (Å²) in [4.78, 5) is 31.0. The molecule has 0 unspecified atom stereocenters. The number of anilines is 1. The number of aliphatic imine (C=N–C) groups is 1. The van der Waals surface area contributed by atoms with Gasteiger partial charge in [-0.1, -0.05) is 18.2 Å². The van der Waals surface area contributed by atoms with Gasteiger partial charge in [0, 0.05) is 30.9 Å². The third-order valence-electron chi connectivity index (χ3n) is 5.12. The van der Waals surface area contributed by atoms with E-state index in [1.165, 1.54) is 12.3 Å². The van der Waals surface area contributed by atoms with Gasteiger partial charge in [0.2, 0.25) is 11.3 Å². The molecule has 0 radical (unpaired) electrons. The first-order valence-electron chi connectivity index (χ1n) is 10.1. The number of nitrogens with zero attached hydrogens (tertiary/aromatic N) is 4. The summed E-state index contributed by atoms with van der Waals surface area (Å²) in [6, 6.07) is 16.6. The second-order valence-electron chi connectivity index (χ2n) is 7.28. The summed E-state index contributed by atoms with van der Waals surface area (Å²) in [7, 11) is 0. The quantitative estimate of drug-likeness (QED) is 0.650. The zero-order chi connectivity index (χ0) is 21.8. The van der Waals surface area contributed by atoms with Gasteiger partial charge in [-0.25, -0.2) is 9.67 Å². The number of hydrogen-bond donors (Lipinski definition) is 1. The number of benzene rings is 2. The summed E-state index contributed by atoms with van der Waals surface area (Å²) in [6.07, 6.45) is 6.00. The minimum Gasteiger partial charge on any atom is -0.405 e. The highest BCUT2D eigenvalue weighted by molar-refractivity contribution is 6.08. The normalized spacial score (nSPS) is 14.5. The second-order valence-corrected chi connectivity index (χ2v) is 7.28. The van der Waals surface area contributed by atoms with E-state index >= 15 is 0 Å². The number of aryl methyl sites for hydroxylation is 1. The van der Waals surface area contributed by atoms with Crippen LogP contribution in [0.15, 0.2) is 82.9 Å². The SMILES string of the molecule is Cc1cc(N2CCCC2=O)ccc1-n1ccc(=O)c(C(C=CN)=Nc2ccccc2)n1. The number of aromatic nitrogens is 2. The minimum atomic E-state index is -0.249. The Labute approximate surface area is 180 Å². The van der Waals surface area contributed by atoms with Gasteiger partial charge in [-0.2, -0.15) is 5.10 Å². The van der Waals surface area contributed by atoms with Crippen molar-refractivity contribution in [3.05, 3.63) is 94.6 Å². The fourth-order valence-corrected chi connectivity index (χ4v) is 3.61. The van der Waals surface area contributed by atoms with E-state index in [4.69, 9.17) is 5.73 Å². The van der Waals surface area contributed by atoms with Crippen LogP contribution in [-0.4, -0.2) is 27.9 Å². The summed E-state index contributed by atoms with van der Waals surface area (Å²) in [5.74, 6) is 0.145. The van der Waals surface area contributed by atoms with E-state index in [0.29, 0.717) is 17.8 Å². The average molecular weight is 413 g/mol. The molecular weight excluding hydrogens is 390 g/mol. The van der Waals surface area contributed by atoms with Gasteiger partial charge in [0.25, 0.3) is 0 Å². The number of amides is 1. The monoisotopic (exact) mass is 413 g/mol. The van der Waals surface area contributed by atoms with Crippen molar-refractivity contribution >= 4 is 23.0 Å². The maximum atomic E-state index is 12.6. The molecule has 4 rings (SSSR count). The maximum Gasteiger partial charge on any atom is 0.227 e. The molecule has 0 bridgehead atoms. The Balaban J connectivity index is 1.74. The van der Waals surface area contributed by atoms with E-state index in [0.717, 1.165) is 29.9 Å². The van der Waals surface area contributed by atoms with Crippen LogP contribution >= 0.6 is 0 Å². The van der Waals surface area contributed by atoms with E-state index in [9.17, 15) is 9.59 Å². The molecule has 2 aromatic carbocycles. The first kappa shape index (κ1) is 20.3. The summed E-state index contributed by atoms with van der Waals surface area (Å²) in [5, 5.41) is 4.55. The van der Waals surface area contributed by atoms with E-state index in [1.54, 1.807) is 21.9 Å². The topological polar surface area (TPSA) is 93.6 Å². The van der Waals surface area contributed by atoms with E-state index in [1.807, 2.05) is 55.5 Å². The van der Waals surface area contributed by atoms with E-state index in [-0.39, 0.29) is 17.0 Å². The molecule has 1 saturated heterocycles. The van der Waals surface area contributed by atoms with Gasteiger partial charge < -0.3 is 10.6 Å². The van der Waals surface area contributed by atoms with Gasteiger partial charge in [0.1, 0.15) is 0 Å². The first-order chi connectivity index (χ1) is 15.1. The van der Waals surface area contributed by atoms with Crippen molar-refractivity contribution in [1.82, 2.24) is 9.78 Å². The van der Waals surface area contributed by atoms with Gasteiger partial charge >= 0.3 is 0 Å². The lowest BCUT2D eigenvalue weighted by molar-refractivity contribution is -0.117. The molecule has 0 aliphatic carbocycles. The number of carbonyl (C=O) groups excluding carboxylic acids is 1. The summed E-state index contributed by atoms with van der Waals surface area (Å²) in [5.41, 5.74) is 9.26. The highest BCUT2D eigenvalue weighted by Crippen LogP contribution is 2.25. The molecule has 31 heavy (non-hydrogen) atoms. The van der Waals surface area contributed by atoms with Crippen molar-refractivity contribution < 1.29 is 4.79 Å². The molecule has 1 aliphatic heterocycles. The van der Waals surface area contributed by atoms with Gasteiger partial charge in [-0.05, 0) is 61.5 Å². The Kier molecular flexibility index (Phi) is 5.75. The Morgan fingerprint density at radius 1 is 1.13 bits per heavy atom. The van der Waals surface area contributed by atoms with Crippen molar-refractivity contribution in [3.63, 3.8) is 0 Å². The Hall–Kier alpha value is -4.00. The number of rotatable bonds is 5. The molecule has 7 heteroatoms. The van der Waals surface area contributed by atoms with Crippen molar-refractivity contribution in [2.45, 2.75) is 19.8 Å². The number of para-hydroxylation sites is 1. The van der Waals surface area contributed by atoms with Crippen LogP contribution in [0.4, 0.5) is 11.4 Å². The first-order valence-corrected chi connectivity index (χ1v) is 10.1. The summed E-state index contributed by atoms with van der Waals surface area (Å²) in [6.45, 7) is 2.69. The van der Waals surface area contributed by atoms with Crippen LogP contribution in [0.5, 0.6) is 0 Å². The highest BCUT2D eigenvalue weighted by Gasteiger charge is 2.22. The lowest BCUT2D eigenvalue weighted by Gasteiger charge is -2.18. The average Bonchev–Trinajstić information content (AvgIpc) is 3.20. The van der Waals surface area contributed by atoms with Crippen LogP contribution in [0.3, 0.4) is 0 Å². The molecular formula is C24H23N5O2. The third-order valence-corrected chi connectivity index (χ3v) is 5.12. The minimum absolute atomic E-state index is 0.145. The van der Waals surface area contributed by atoms with Crippen LogP contribution in [0.2, 0.25) is 0 Å². The molecule has 1 aliphatic rings. The molecule has 1 amide bonds. The van der Waals surface area contributed by atoms with Crippen LogP contribution in [0, 0.1) is 6.92 Å². The lowest BCUT2D eigenvalue weighted by atomic mass is 10.1. The fourth-order valence-electron chi connectivity index (χ4n) is 3.61. The van der Waals surface area contributed by atoms with Crippen molar-refractivity contribution in [2.75, 3.05) is 11.4 Å². The fraction of sp³-hybridized carbons (Fsp3) is 0.167. The van der Waals surface area contributed by atoms with Gasteiger partial charge in [-0.15, -0.1) is 0 Å². The molecule has 2 N–H and O–H groups in total. The van der Waals surface area contributed by atoms with Crippen LogP contribution in [0.25, 0.3) is 5.69 Å². The molecule has 156 valence electrons. The molecule has 1 aromatic heterocycles. The van der Waals surface area contributed by atoms with Crippen molar-refractivity contribution in [3.8, 4) is 5.69 Å². The van der Waals surface area contributed by atoms with Crippen LogP contribution in [0.1, 0.15) is 24.1 Å². The molecule has 1 fully saturated rings.